The molecule has 0 aliphatic heterocycles. The van der Waals surface area contributed by atoms with E-state index in [0.717, 1.165) is 30.8 Å². The third kappa shape index (κ3) is 5.58. The van der Waals surface area contributed by atoms with Gasteiger partial charge in [0.25, 0.3) is 0 Å². The Bertz CT molecular complexity index is 1030. The molecule has 3 heteroatoms. The molecule has 0 saturated carbocycles. The van der Waals surface area contributed by atoms with Crippen LogP contribution in [0.1, 0.15) is 73.3 Å². The van der Waals surface area contributed by atoms with Gasteiger partial charge in [0.1, 0.15) is 12.4 Å². The highest BCUT2D eigenvalue weighted by molar-refractivity contribution is 5.35. The third-order valence-electron chi connectivity index (χ3n) is 6.40. The third-order valence-corrected chi connectivity index (χ3v) is 6.40. The van der Waals surface area contributed by atoms with Crippen LogP contribution >= 0.6 is 0 Å². The van der Waals surface area contributed by atoms with Gasteiger partial charge < -0.3 is 10.1 Å². The Labute approximate surface area is 193 Å². The normalized spacial score (nSPS) is 15.9. The van der Waals surface area contributed by atoms with Gasteiger partial charge in [0.2, 0.25) is 0 Å². The lowest BCUT2D eigenvalue weighted by Gasteiger charge is -2.26. The summed E-state index contributed by atoms with van der Waals surface area (Å²) in [7, 11) is 0. The van der Waals surface area contributed by atoms with Crippen molar-refractivity contribution in [3.63, 3.8) is 0 Å². The summed E-state index contributed by atoms with van der Waals surface area (Å²) in [5, 5.41) is 3.77. The molecule has 168 valence electrons. The van der Waals surface area contributed by atoms with Crippen molar-refractivity contribution < 1.29 is 4.74 Å². The maximum absolute atomic E-state index is 6.22. The summed E-state index contributed by atoms with van der Waals surface area (Å²) in [4.78, 5) is 4.76. The van der Waals surface area contributed by atoms with Gasteiger partial charge in [-0.3, -0.25) is 4.98 Å². The molecule has 1 atom stereocenters. The summed E-state index contributed by atoms with van der Waals surface area (Å²) >= 11 is 0. The first-order valence-corrected chi connectivity index (χ1v) is 11.9. The molecule has 3 nitrogen and oxygen atoms in total. The van der Waals surface area contributed by atoms with E-state index in [1.165, 1.54) is 40.8 Å². The van der Waals surface area contributed by atoms with Crippen molar-refractivity contribution in [1.82, 2.24) is 10.3 Å². The summed E-state index contributed by atoms with van der Waals surface area (Å²) in [6, 6.07) is 22.0. The van der Waals surface area contributed by atoms with E-state index in [2.05, 4.69) is 93.7 Å². The second kappa shape index (κ2) is 9.87. The SMILES string of the molecule is Cc1ccc2c(n1)CCCC2NCCc1ccccc1OCc1ccc(C(C)(C)C)cc1. The molecular formula is C29H36N2O. The van der Waals surface area contributed by atoms with Crippen LogP contribution in [0.2, 0.25) is 0 Å². The molecule has 32 heavy (non-hydrogen) atoms. The van der Waals surface area contributed by atoms with E-state index in [0.29, 0.717) is 12.6 Å². The molecule has 1 aliphatic carbocycles. The number of para-hydroxylation sites is 1. The average Bonchev–Trinajstić information content (AvgIpc) is 2.78. The van der Waals surface area contributed by atoms with E-state index >= 15 is 0 Å². The molecular weight excluding hydrogens is 392 g/mol. The molecule has 0 amide bonds. The highest BCUT2D eigenvalue weighted by atomic mass is 16.5. The molecule has 2 aromatic carbocycles. The topological polar surface area (TPSA) is 34.2 Å². The molecule has 1 N–H and O–H groups in total. The second-order valence-corrected chi connectivity index (χ2v) is 9.98. The van der Waals surface area contributed by atoms with Crippen molar-refractivity contribution in [2.45, 2.75) is 71.4 Å². The van der Waals surface area contributed by atoms with E-state index in [1.54, 1.807) is 0 Å². The summed E-state index contributed by atoms with van der Waals surface area (Å²) in [5.74, 6) is 0.982. The summed E-state index contributed by atoms with van der Waals surface area (Å²) in [5.41, 5.74) is 7.75. The highest BCUT2D eigenvalue weighted by Crippen LogP contribution is 2.29. The molecule has 1 heterocycles. The number of aromatic nitrogens is 1. The Morgan fingerprint density at radius 2 is 1.78 bits per heavy atom. The number of nitrogens with zero attached hydrogens (tertiary/aromatic N) is 1. The van der Waals surface area contributed by atoms with Crippen LogP contribution in [0.15, 0.2) is 60.7 Å². The van der Waals surface area contributed by atoms with E-state index in [-0.39, 0.29) is 5.41 Å². The molecule has 3 aromatic rings. The number of benzene rings is 2. The maximum atomic E-state index is 6.22. The Hall–Kier alpha value is -2.65. The van der Waals surface area contributed by atoms with E-state index in [9.17, 15) is 0 Å². The summed E-state index contributed by atoms with van der Waals surface area (Å²) in [6.07, 6.45) is 4.43. The van der Waals surface area contributed by atoms with Gasteiger partial charge in [0.15, 0.2) is 0 Å². The van der Waals surface area contributed by atoms with Crippen molar-refractivity contribution in [3.05, 3.63) is 94.3 Å². The number of fused-ring (bicyclic) bond motifs is 1. The quantitative estimate of drug-likeness (QED) is 0.468. The predicted octanol–water partition coefficient (Wildman–Crippen LogP) is 6.48. The number of nitrogens with one attached hydrogen (secondary N) is 1. The molecule has 1 unspecified atom stereocenters. The van der Waals surface area contributed by atoms with Crippen LogP contribution in [0.25, 0.3) is 0 Å². The second-order valence-electron chi connectivity index (χ2n) is 9.98. The van der Waals surface area contributed by atoms with Crippen molar-refractivity contribution in [3.8, 4) is 5.75 Å². The summed E-state index contributed by atoms with van der Waals surface area (Å²) in [6.45, 7) is 10.3. The van der Waals surface area contributed by atoms with Crippen LogP contribution < -0.4 is 10.1 Å². The zero-order valence-corrected chi connectivity index (χ0v) is 19.9. The number of aryl methyl sites for hydroxylation is 2. The minimum absolute atomic E-state index is 0.173. The molecule has 4 rings (SSSR count). The van der Waals surface area contributed by atoms with Gasteiger partial charge in [-0.1, -0.05) is 69.3 Å². The first kappa shape index (κ1) is 22.5. The smallest absolute Gasteiger partial charge is 0.123 e. The number of pyridine rings is 1. The zero-order valence-electron chi connectivity index (χ0n) is 19.9. The number of rotatable bonds is 7. The van der Waals surface area contributed by atoms with Gasteiger partial charge in [0, 0.05) is 17.4 Å². The molecule has 0 bridgehead atoms. The molecule has 0 saturated heterocycles. The fourth-order valence-corrected chi connectivity index (χ4v) is 4.47. The number of hydrogen-bond acceptors (Lipinski definition) is 3. The number of ether oxygens (including phenoxy) is 1. The molecule has 1 aliphatic rings. The lowest BCUT2D eigenvalue weighted by molar-refractivity contribution is 0.302. The Balaban J connectivity index is 1.34. The maximum Gasteiger partial charge on any atom is 0.123 e. The zero-order chi connectivity index (χ0) is 22.6. The van der Waals surface area contributed by atoms with Crippen LogP contribution in [-0.4, -0.2) is 11.5 Å². The summed E-state index contributed by atoms with van der Waals surface area (Å²) < 4.78 is 6.22. The van der Waals surface area contributed by atoms with Crippen LogP contribution in [-0.2, 0) is 24.9 Å². The van der Waals surface area contributed by atoms with E-state index in [1.807, 2.05) is 0 Å². The van der Waals surface area contributed by atoms with Crippen molar-refractivity contribution in [1.29, 1.82) is 0 Å². The standard InChI is InChI=1S/C29H36N2O/c1-21-12-17-25-26(9-7-10-27(25)31-21)30-19-18-23-8-5-6-11-28(23)32-20-22-13-15-24(16-14-22)29(2,3)4/h5-6,8,11-17,26,30H,7,9-10,18-20H2,1-4H3. The molecule has 0 radical (unpaired) electrons. The van der Waals surface area contributed by atoms with Crippen LogP contribution in [0.5, 0.6) is 5.75 Å². The minimum Gasteiger partial charge on any atom is -0.489 e. The van der Waals surface area contributed by atoms with Gasteiger partial charge >= 0.3 is 0 Å². The van der Waals surface area contributed by atoms with Gasteiger partial charge in [0.05, 0.1) is 0 Å². The van der Waals surface area contributed by atoms with Gasteiger partial charge in [-0.2, -0.15) is 0 Å². The molecule has 0 fully saturated rings. The van der Waals surface area contributed by atoms with Gasteiger partial charge in [-0.15, -0.1) is 0 Å². The van der Waals surface area contributed by atoms with Crippen molar-refractivity contribution in [2.24, 2.45) is 0 Å². The molecule has 0 spiro atoms. The fourth-order valence-electron chi connectivity index (χ4n) is 4.47. The Kier molecular flexibility index (Phi) is 6.95. The minimum atomic E-state index is 0.173. The Morgan fingerprint density at radius 3 is 2.56 bits per heavy atom. The lowest BCUT2D eigenvalue weighted by atomic mass is 9.87. The monoisotopic (exact) mass is 428 g/mol. The first-order chi connectivity index (χ1) is 15.4. The van der Waals surface area contributed by atoms with Crippen LogP contribution in [0, 0.1) is 6.92 Å². The van der Waals surface area contributed by atoms with Crippen molar-refractivity contribution in [2.75, 3.05) is 6.54 Å². The van der Waals surface area contributed by atoms with Gasteiger partial charge in [-0.05, 0) is 79.0 Å². The predicted molar refractivity (Wildman–Crippen MR) is 132 cm³/mol. The van der Waals surface area contributed by atoms with E-state index < -0.39 is 0 Å². The highest BCUT2D eigenvalue weighted by Gasteiger charge is 2.20. The largest absolute Gasteiger partial charge is 0.489 e. The lowest BCUT2D eigenvalue weighted by Crippen LogP contribution is -2.27. The fraction of sp³-hybridized carbons (Fsp3) is 0.414. The average molecular weight is 429 g/mol. The van der Waals surface area contributed by atoms with Crippen LogP contribution in [0.3, 0.4) is 0 Å². The molecule has 1 aromatic heterocycles. The van der Waals surface area contributed by atoms with E-state index in [4.69, 9.17) is 9.72 Å². The van der Waals surface area contributed by atoms with Crippen LogP contribution in [0.4, 0.5) is 0 Å². The Morgan fingerprint density at radius 1 is 1.00 bits per heavy atom. The van der Waals surface area contributed by atoms with Gasteiger partial charge in [-0.25, -0.2) is 0 Å². The first-order valence-electron chi connectivity index (χ1n) is 11.9. The number of hydrogen-bond donors (Lipinski definition) is 1. The van der Waals surface area contributed by atoms with Crippen molar-refractivity contribution >= 4 is 0 Å².